The Labute approximate surface area is 164 Å². The van der Waals surface area contributed by atoms with Crippen LogP contribution in [-0.2, 0) is 4.74 Å². The van der Waals surface area contributed by atoms with Crippen LogP contribution in [0.15, 0.2) is 43.0 Å². The van der Waals surface area contributed by atoms with Gasteiger partial charge in [0.15, 0.2) is 23.2 Å². The van der Waals surface area contributed by atoms with E-state index in [1.54, 1.807) is 30.3 Å². The summed E-state index contributed by atoms with van der Waals surface area (Å²) in [5, 5.41) is 29.5. The number of fused-ring (bicyclic) bond motifs is 1. The number of para-hydroxylation sites is 1. The van der Waals surface area contributed by atoms with Gasteiger partial charge in [-0.3, -0.25) is 9.47 Å². The molecule has 3 N–H and O–H groups in total. The highest BCUT2D eigenvalue weighted by atomic mass is 16.6. The first-order valence-electron chi connectivity index (χ1n) is 8.82. The number of amides is 1. The fraction of sp³-hybridized carbons (Fsp3) is 0.333. The van der Waals surface area contributed by atoms with E-state index in [-0.39, 0.29) is 17.0 Å². The first-order valence-corrected chi connectivity index (χ1v) is 8.82. The topological polar surface area (TPSA) is 143 Å². The quantitative estimate of drug-likeness (QED) is 0.553. The molecule has 0 radical (unpaired) electrons. The number of ether oxygens (including phenoxy) is 2. The van der Waals surface area contributed by atoms with E-state index in [9.17, 15) is 20.1 Å². The molecule has 11 heteroatoms. The van der Waals surface area contributed by atoms with Gasteiger partial charge in [-0.2, -0.15) is 0 Å². The van der Waals surface area contributed by atoms with E-state index in [1.165, 1.54) is 29.2 Å². The Hall–Kier alpha value is -3.12. The van der Waals surface area contributed by atoms with Crippen LogP contribution in [-0.4, -0.2) is 72.9 Å². The smallest absolute Gasteiger partial charge is 0.410 e. The summed E-state index contributed by atoms with van der Waals surface area (Å²) in [5.41, 5.74) is 0.557. The minimum atomic E-state index is -1.29. The Morgan fingerprint density at radius 3 is 2.66 bits per heavy atom. The average molecular weight is 401 g/mol. The van der Waals surface area contributed by atoms with Gasteiger partial charge >= 0.3 is 6.09 Å². The number of aliphatic hydroxyl groups excluding tert-OH is 3. The van der Waals surface area contributed by atoms with Crippen molar-refractivity contribution in [2.45, 2.75) is 24.5 Å². The maximum absolute atomic E-state index is 12.5. The molecule has 152 valence electrons. The van der Waals surface area contributed by atoms with Crippen molar-refractivity contribution in [1.82, 2.24) is 19.5 Å². The molecule has 1 amide bonds. The number of aliphatic hydroxyl groups is 3. The molecule has 4 rings (SSSR count). The Kier molecular flexibility index (Phi) is 5.11. The van der Waals surface area contributed by atoms with Crippen molar-refractivity contribution in [3.8, 4) is 5.75 Å². The van der Waals surface area contributed by atoms with Gasteiger partial charge in [-0.1, -0.05) is 18.2 Å². The summed E-state index contributed by atoms with van der Waals surface area (Å²) in [7, 11) is 1.48. The molecule has 11 nitrogen and oxygen atoms in total. The predicted octanol–water partition coefficient (Wildman–Crippen LogP) is 0.0730. The number of aromatic nitrogens is 4. The van der Waals surface area contributed by atoms with Gasteiger partial charge in [-0.25, -0.2) is 19.7 Å². The molecule has 29 heavy (non-hydrogen) atoms. The summed E-state index contributed by atoms with van der Waals surface area (Å²) in [4.78, 5) is 26.2. The van der Waals surface area contributed by atoms with Crippen molar-refractivity contribution in [2.75, 3.05) is 18.6 Å². The van der Waals surface area contributed by atoms with Crippen molar-refractivity contribution >= 4 is 23.1 Å². The lowest BCUT2D eigenvalue weighted by molar-refractivity contribution is -0.0511. The van der Waals surface area contributed by atoms with Gasteiger partial charge in [0.2, 0.25) is 0 Å². The fourth-order valence-electron chi connectivity index (χ4n) is 3.13. The lowest BCUT2D eigenvalue weighted by atomic mass is 10.1. The average Bonchev–Trinajstić information content (AvgIpc) is 3.29. The standard InChI is InChI=1S/C18H19N5O6/c1-22(18(27)28-10-5-3-2-4-6-10)15-12-16(20-8-19-15)23(9-21-12)17-14(26)13(25)11(7-24)29-17/h2-6,8-9,11,13-14,17,24-26H,7H2,1H3/t11-,13-,14-,17-/m1/s1. The van der Waals surface area contributed by atoms with Gasteiger partial charge in [0, 0.05) is 7.05 Å². The number of rotatable bonds is 4. The van der Waals surface area contributed by atoms with Gasteiger partial charge in [-0.15, -0.1) is 0 Å². The molecular weight excluding hydrogens is 382 g/mol. The minimum absolute atomic E-state index is 0.196. The molecule has 0 bridgehead atoms. The molecule has 0 unspecified atom stereocenters. The van der Waals surface area contributed by atoms with Crippen molar-refractivity contribution in [2.24, 2.45) is 0 Å². The van der Waals surface area contributed by atoms with E-state index in [1.807, 2.05) is 0 Å². The Morgan fingerprint density at radius 1 is 1.21 bits per heavy atom. The highest BCUT2D eigenvalue weighted by Crippen LogP contribution is 2.32. The molecule has 1 aliphatic heterocycles. The van der Waals surface area contributed by atoms with E-state index in [0.717, 1.165) is 0 Å². The van der Waals surface area contributed by atoms with Crippen LogP contribution in [0, 0.1) is 0 Å². The molecule has 2 aromatic heterocycles. The lowest BCUT2D eigenvalue weighted by Gasteiger charge is -2.18. The van der Waals surface area contributed by atoms with Crippen molar-refractivity contribution in [1.29, 1.82) is 0 Å². The molecule has 1 saturated heterocycles. The lowest BCUT2D eigenvalue weighted by Crippen LogP contribution is -2.33. The summed E-state index contributed by atoms with van der Waals surface area (Å²) < 4.78 is 12.3. The molecule has 0 saturated carbocycles. The maximum atomic E-state index is 12.5. The highest BCUT2D eigenvalue weighted by molar-refractivity contribution is 5.95. The predicted molar refractivity (Wildman–Crippen MR) is 99.2 cm³/mol. The van der Waals surface area contributed by atoms with Gasteiger partial charge in [0.1, 0.15) is 30.4 Å². The molecule has 0 spiro atoms. The van der Waals surface area contributed by atoms with E-state index >= 15 is 0 Å². The van der Waals surface area contributed by atoms with Crippen LogP contribution >= 0.6 is 0 Å². The van der Waals surface area contributed by atoms with Crippen LogP contribution in [0.5, 0.6) is 5.75 Å². The van der Waals surface area contributed by atoms with Crippen molar-refractivity contribution in [3.63, 3.8) is 0 Å². The normalized spacial score (nSPS) is 24.0. The zero-order valence-electron chi connectivity index (χ0n) is 15.4. The van der Waals surface area contributed by atoms with Crippen LogP contribution in [0.1, 0.15) is 6.23 Å². The molecule has 4 atom stereocenters. The second-order valence-corrected chi connectivity index (χ2v) is 6.49. The fourth-order valence-corrected chi connectivity index (χ4v) is 3.13. The minimum Gasteiger partial charge on any atom is -0.410 e. The van der Waals surface area contributed by atoms with Gasteiger partial charge < -0.3 is 24.8 Å². The number of hydrogen-bond donors (Lipinski definition) is 3. The molecule has 3 heterocycles. The first kappa shape index (κ1) is 19.2. The molecule has 1 aromatic carbocycles. The van der Waals surface area contributed by atoms with Gasteiger partial charge in [0.25, 0.3) is 0 Å². The SMILES string of the molecule is CN(C(=O)Oc1ccccc1)c1ncnc2c1ncn2[C@@H]1O[C@H](CO)[C@@H](O)[C@H]1O. The molecule has 3 aromatic rings. The summed E-state index contributed by atoms with van der Waals surface area (Å²) >= 11 is 0. The zero-order chi connectivity index (χ0) is 20.5. The van der Waals surface area contributed by atoms with Gasteiger partial charge in [-0.05, 0) is 12.1 Å². The number of carbonyl (C=O) groups excluding carboxylic acids is 1. The Bertz CT molecular complexity index is 1010. The van der Waals surface area contributed by atoms with Crippen LogP contribution in [0.4, 0.5) is 10.6 Å². The zero-order valence-corrected chi connectivity index (χ0v) is 15.4. The molecule has 1 aliphatic rings. The highest BCUT2D eigenvalue weighted by Gasteiger charge is 2.44. The Morgan fingerprint density at radius 2 is 1.97 bits per heavy atom. The number of nitrogens with zero attached hydrogens (tertiary/aromatic N) is 5. The van der Waals surface area contributed by atoms with E-state index in [4.69, 9.17) is 9.47 Å². The maximum Gasteiger partial charge on any atom is 0.420 e. The summed E-state index contributed by atoms with van der Waals surface area (Å²) in [6.07, 6.45) is -2.55. The van der Waals surface area contributed by atoms with Crippen LogP contribution in [0.2, 0.25) is 0 Å². The summed E-state index contributed by atoms with van der Waals surface area (Å²) in [5.74, 6) is 0.577. The third-order valence-electron chi connectivity index (χ3n) is 4.67. The number of anilines is 1. The third-order valence-corrected chi connectivity index (χ3v) is 4.67. The first-order chi connectivity index (χ1) is 14.0. The largest absolute Gasteiger partial charge is 0.420 e. The van der Waals surface area contributed by atoms with Crippen molar-refractivity contribution < 1.29 is 29.6 Å². The van der Waals surface area contributed by atoms with E-state index in [0.29, 0.717) is 5.75 Å². The van der Waals surface area contributed by atoms with Gasteiger partial charge in [0.05, 0.1) is 12.9 Å². The van der Waals surface area contributed by atoms with E-state index in [2.05, 4.69) is 15.0 Å². The summed E-state index contributed by atoms with van der Waals surface area (Å²) in [6, 6.07) is 8.59. The monoisotopic (exact) mass is 401 g/mol. The number of benzene rings is 1. The third kappa shape index (κ3) is 3.40. The van der Waals surface area contributed by atoms with Crippen LogP contribution in [0.25, 0.3) is 11.2 Å². The number of imidazole rings is 1. The second kappa shape index (κ2) is 7.72. The second-order valence-electron chi connectivity index (χ2n) is 6.49. The van der Waals surface area contributed by atoms with Crippen LogP contribution < -0.4 is 9.64 Å². The Balaban J connectivity index is 1.63. The molecule has 1 fully saturated rings. The number of carbonyl (C=O) groups is 1. The molecule has 0 aliphatic carbocycles. The van der Waals surface area contributed by atoms with Crippen LogP contribution in [0.3, 0.4) is 0 Å². The molecular formula is C18H19N5O6. The van der Waals surface area contributed by atoms with Crippen molar-refractivity contribution in [3.05, 3.63) is 43.0 Å². The summed E-state index contributed by atoms with van der Waals surface area (Å²) in [6.45, 7) is -0.449. The van der Waals surface area contributed by atoms with E-state index < -0.39 is 37.2 Å². The number of hydrogen-bond acceptors (Lipinski definition) is 9.